The zero-order valence-electron chi connectivity index (χ0n) is 15.5. The molecule has 0 saturated carbocycles. The van der Waals surface area contributed by atoms with Crippen LogP contribution in [-0.4, -0.2) is 30.6 Å². The molecule has 3 heterocycles. The molecule has 0 aliphatic carbocycles. The number of aryl methyl sites for hydroxylation is 6. The van der Waals surface area contributed by atoms with Crippen molar-refractivity contribution in [3.05, 3.63) is 50.9 Å². The molecule has 6 nitrogen and oxygen atoms in total. The first kappa shape index (κ1) is 26.5. The van der Waals surface area contributed by atoms with Gasteiger partial charge in [0, 0.05) is 71.9 Å². The van der Waals surface area contributed by atoms with Gasteiger partial charge in [0.1, 0.15) is 0 Å². The van der Waals surface area contributed by atoms with Crippen molar-refractivity contribution in [2.45, 2.75) is 45.3 Å². The van der Waals surface area contributed by atoms with E-state index in [-0.39, 0.29) is 75.6 Å². The van der Waals surface area contributed by atoms with Crippen LogP contribution in [0.1, 0.15) is 50.9 Å². The first-order valence-corrected chi connectivity index (χ1v) is 8.37. The largest absolute Gasteiger partial charge is 0 e. The van der Waals surface area contributed by atoms with Crippen molar-refractivity contribution in [3.8, 4) is 0 Å². The number of aromatic amines is 3. The third-order valence-electron chi connectivity index (χ3n) is 4.51. The predicted octanol–water partition coefficient (Wildman–Crippen LogP) is 5.20. The molecule has 0 saturated heterocycles. The van der Waals surface area contributed by atoms with Crippen LogP contribution in [0.25, 0.3) is 0 Å². The van der Waals surface area contributed by atoms with Crippen LogP contribution in [0.5, 0.6) is 0 Å². The molecule has 0 atom stereocenters. The van der Waals surface area contributed by atoms with Gasteiger partial charge >= 0.3 is 147 Å². The maximum Gasteiger partial charge on any atom is 0 e. The summed E-state index contributed by atoms with van der Waals surface area (Å²) in [6.07, 6.45) is 0. The van der Waals surface area contributed by atoms with Gasteiger partial charge in [0.15, 0.2) is 0 Å². The number of H-pyrrole nitrogens is 3. The predicted molar refractivity (Wildman–Crippen MR) is 126 cm³/mol. The zero-order chi connectivity index (χ0) is 16.9. The summed E-state index contributed by atoms with van der Waals surface area (Å²) in [7, 11) is 0. The van der Waals surface area contributed by atoms with Crippen LogP contribution in [0.15, 0.2) is 0 Å². The molecule has 3 aromatic rings. The van der Waals surface area contributed by atoms with Crippen LogP contribution in [0.3, 0.4) is 0 Å². The van der Waals surface area contributed by atoms with Crippen molar-refractivity contribution in [2.75, 3.05) is 0 Å². The molecule has 0 spiro atoms. The Morgan fingerprint density at radius 2 is 0.808 bits per heavy atom. The topological polar surface area (TPSA) is 86.0 Å². The molecule has 0 unspecified atom stereocenters. The second-order valence-electron chi connectivity index (χ2n) is 6.18. The van der Waals surface area contributed by atoms with Crippen molar-refractivity contribution < 1.29 is 20.4 Å². The second-order valence-corrected chi connectivity index (χ2v) is 7.35. The maximum atomic E-state index is 4.43. The van der Waals surface area contributed by atoms with E-state index < -0.39 is 0 Å². The summed E-state index contributed by atoms with van der Waals surface area (Å²) in [5, 5.41) is 22.7. The fourth-order valence-electron chi connectivity index (χ4n) is 3.69. The molecule has 0 aliphatic rings. The van der Waals surface area contributed by atoms with Gasteiger partial charge in [-0.3, -0.25) is 0 Å². The van der Waals surface area contributed by atoms with Gasteiger partial charge in [-0.25, -0.2) is 0 Å². The number of hydrogen-bond acceptors (Lipinski definition) is 3. The van der Waals surface area contributed by atoms with Gasteiger partial charge in [-0.15, -0.1) is 0 Å². The Labute approximate surface area is 216 Å². The minimum atomic E-state index is -0.372. The van der Waals surface area contributed by atoms with Gasteiger partial charge in [0.2, 0.25) is 0 Å². The van der Waals surface area contributed by atoms with Crippen molar-refractivity contribution in [2.24, 2.45) is 0 Å². The summed E-state index contributed by atoms with van der Waals surface area (Å²) in [4.78, 5) is 0. The molecule has 0 fully saturated rings. The molecular formula is C16H21I3N6Ti. The molecule has 0 aromatic carbocycles. The Balaban J connectivity index is 0.00000208. The van der Waals surface area contributed by atoms with E-state index >= 15 is 0 Å². The smallest absolute Gasteiger partial charge is 0 e. The van der Waals surface area contributed by atoms with E-state index in [1.54, 1.807) is 0 Å². The quantitative estimate of drug-likeness (QED) is 0.257. The van der Waals surface area contributed by atoms with Crippen molar-refractivity contribution in [1.29, 1.82) is 0 Å². The van der Waals surface area contributed by atoms with Gasteiger partial charge in [-0.2, -0.15) is 0 Å². The third kappa shape index (κ3) is 4.11. The molecule has 140 valence electrons. The minimum Gasteiger partial charge on any atom is 0 e. The number of aromatic nitrogens is 6. The molecule has 26 heavy (non-hydrogen) atoms. The fraction of sp³-hybridized carbons (Fsp3) is 0.438. The Bertz CT molecular complexity index is 712. The first-order valence-electron chi connectivity index (χ1n) is 7.59. The van der Waals surface area contributed by atoms with Crippen LogP contribution in [0.4, 0.5) is 0 Å². The molecule has 3 N–H and O–H groups in total. The standard InChI is InChI=1S/C16H21N6.3I.Ti/c1-7-13(8(2)18-17-7)16(14-9(3)19-20-10(14)4)15-11(5)21-22-12(15)6;;;;/h1-6H3,(H,17,18)(H,19,20)(H,21,22);;;;. The number of nitrogens with zero attached hydrogens (tertiary/aromatic N) is 3. The average Bonchev–Trinajstić information content (AvgIpc) is 3.10. The van der Waals surface area contributed by atoms with Crippen LogP contribution in [0, 0.1) is 41.5 Å². The molecular weight excluding hydrogens is 705 g/mol. The number of rotatable bonds is 3. The summed E-state index contributed by atoms with van der Waals surface area (Å²) < 4.78 is -0.372. The van der Waals surface area contributed by atoms with Crippen molar-refractivity contribution in [1.82, 2.24) is 30.6 Å². The van der Waals surface area contributed by atoms with E-state index in [4.69, 9.17) is 0 Å². The van der Waals surface area contributed by atoms with Gasteiger partial charge in [0.05, 0.1) is 0 Å². The van der Waals surface area contributed by atoms with E-state index in [1.807, 2.05) is 20.8 Å². The van der Waals surface area contributed by atoms with Gasteiger partial charge in [0.25, 0.3) is 0 Å². The van der Waals surface area contributed by atoms with Crippen LogP contribution >= 0.6 is 71.9 Å². The Morgan fingerprint density at radius 1 is 0.577 bits per heavy atom. The fourth-order valence-corrected chi connectivity index (χ4v) is 5.41. The number of hydrogen-bond donors (Lipinski definition) is 3. The van der Waals surface area contributed by atoms with Crippen molar-refractivity contribution >= 4 is 71.9 Å². The van der Waals surface area contributed by atoms with Gasteiger partial charge < -0.3 is 0 Å². The first-order chi connectivity index (χ1) is 10.8. The van der Waals surface area contributed by atoms with E-state index in [0.29, 0.717) is 0 Å². The van der Waals surface area contributed by atoms with Gasteiger partial charge in [-0.05, 0) is 0 Å². The Morgan fingerprint density at radius 3 is 0.962 bits per heavy atom. The molecule has 0 aliphatic heterocycles. The molecule has 10 heteroatoms. The zero-order valence-corrected chi connectivity index (χ0v) is 23.5. The molecule has 3 radical (unpaired) electrons. The van der Waals surface area contributed by atoms with Crippen LogP contribution in [-0.2, 0) is 24.2 Å². The number of nitrogens with one attached hydrogen (secondary N) is 3. The molecule has 0 bridgehead atoms. The Hall–Kier alpha value is 0.534. The minimum absolute atomic E-state index is 0. The van der Waals surface area contributed by atoms with E-state index in [0.717, 1.165) is 34.2 Å². The maximum absolute atomic E-state index is 4.43. The summed E-state index contributed by atoms with van der Waals surface area (Å²) in [5.74, 6) is 0. The van der Waals surface area contributed by atoms with E-state index in [9.17, 15) is 0 Å². The molecule has 3 rings (SSSR count). The van der Waals surface area contributed by atoms with Crippen LogP contribution < -0.4 is 0 Å². The van der Waals surface area contributed by atoms with Crippen molar-refractivity contribution in [3.63, 3.8) is 0 Å². The third-order valence-corrected chi connectivity index (χ3v) is 5.68. The summed E-state index contributed by atoms with van der Waals surface area (Å²) in [6, 6.07) is 0. The van der Waals surface area contributed by atoms with Gasteiger partial charge in [-0.1, -0.05) is 0 Å². The molecule has 3 aromatic heterocycles. The Kier molecular flexibility index (Phi) is 10.0. The van der Waals surface area contributed by atoms with E-state index in [2.05, 4.69) is 71.8 Å². The van der Waals surface area contributed by atoms with Crippen LogP contribution in [0.2, 0.25) is 0 Å². The van der Waals surface area contributed by atoms with E-state index in [1.165, 1.54) is 16.7 Å². The summed E-state index contributed by atoms with van der Waals surface area (Å²) >= 11 is 2.24. The summed E-state index contributed by atoms with van der Waals surface area (Å²) in [6.45, 7) is 12.4. The molecule has 0 amide bonds. The monoisotopic (exact) mass is 726 g/mol. The summed E-state index contributed by atoms with van der Waals surface area (Å²) in [5.41, 5.74) is 9.81. The number of halogens is 3. The SMILES string of the molecule is Cc1n[nH]c(C)c1[C]([Ti])(c1c(C)n[nH]c1C)c1c(C)n[nH]c1C.[I].[I].[I]. The second kappa shape index (κ2) is 9.83. The average molecular weight is 726 g/mol. The normalized spacial score (nSPS) is 10.7.